The Morgan fingerprint density at radius 3 is 1.74 bits per heavy atom. The minimum Gasteiger partial charge on any atom is -0.508 e. The first-order chi connectivity index (χ1) is 25.8. The standard InChI is InChI=1S/C22H17F3N2O2.C20H17FN2O2/c1-2-13-5-3-4-6-17(13)20-18(14-7-9-16(28)10-8-14)11-15(22(23,24)25)12-19(20)21(26)27-29;1-12-5-8-14(21)11-18(12)19-16(13-6-9-15(24)10-7-13)3-2-4-17(19)20(22)23-25/h2-12,28-29H,1H2,(H2,26,27);2-11,24-25H,1H3,(H2,22,23). The van der Waals surface area contributed by atoms with Gasteiger partial charge in [-0.1, -0.05) is 95.8 Å². The second kappa shape index (κ2) is 16.1. The zero-order valence-corrected chi connectivity index (χ0v) is 28.7. The fourth-order valence-electron chi connectivity index (χ4n) is 5.98. The Balaban J connectivity index is 0.000000210. The minimum atomic E-state index is -4.65. The average Bonchev–Trinajstić information content (AvgIpc) is 3.18. The number of hydrogen-bond donors (Lipinski definition) is 6. The topological polar surface area (TPSA) is 158 Å². The van der Waals surface area contributed by atoms with Crippen LogP contribution in [0.15, 0.2) is 138 Å². The summed E-state index contributed by atoms with van der Waals surface area (Å²) in [6.45, 7) is 5.63. The smallest absolute Gasteiger partial charge is 0.416 e. The Kier molecular flexibility index (Phi) is 11.4. The molecule has 6 aromatic rings. The van der Waals surface area contributed by atoms with Crippen molar-refractivity contribution in [3.8, 4) is 56.0 Å². The van der Waals surface area contributed by atoms with Crippen LogP contribution in [0.5, 0.6) is 11.5 Å². The van der Waals surface area contributed by atoms with Crippen LogP contribution < -0.4 is 11.5 Å². The highest BCUT2D eigenvalue weighted by molar-refractivity contribution is 6.08. The van der Waals surface area contributed by atoms with E-state index in [2.05, 4.69) is 16.9 Å². The number of hydrogen-bond acceptors (Lipinski definition) is 6. The van der Waals surface area contributed by atoms with Gasteiger partial charge in [0, 0.05) is 22.3 Å². The molecule has 0 heterocycles. The van der Waals surface area contributed by atoms with Crippen LogP contribution >= 0.6 is 0 Å². The van der Waals surface area contributed by atoms with Crippen molar-refractivity contribution in [2.24, 2.45) is 21.8 Å². The number of aryl methyl sites for hydroxylation is 1. The molecule has 54 heavy (non-hydrogen) atoms. The lowest BCUT2D eigenvalue weighted by atomic mass is 9.86. The lowest BCUT2D eigenvalue weighted by Crippen LogP contribution is -2.17. The van der Waals surface area contributed by atoms with Gasteiger partial charge in [-0.05, 0) is 100.0 Å². The number of benzene rings is 6. The molecular formula is C42H34F4N4O4. The number of nitrogens with zero attached hydrogens (tertiary/aromatic N) is 2. The van der Waals surface area contributed by atoms with E-state index in [4.69, 9.17) is 16.7 Å². The van der Waals surface area contributed by atoms with Crippen molar-refractivity contribution >= 4 is 17.7 Å². The van der Waals surface area contributed by atoms with Crippen LogP contribution in [0.4, 0.5) is 17.6 Å². The van der Waals surface area contributed by atoms with Crippen LogP contribution in [-0.4, -0.2) is 32.3 Å². The molecule has 12 heteroatoms. The van der Waals surface area contributed by atoms with Gasteiger partial charge < -0.3 is 32.1 Å². The number of alkyl halides is 3. The number of phenolic OH excluding ortho intramolecular Hbond substituents is 2. The highest BCUT2D eigenvalue weighted by Gasteiger charge is 2.33. The van der Waals surface area contributed by atoms with E-state index in [0.29, 0.717) is 38.9 Å². The number of aromatic hydroxyl groups is 2. The van der Waals surface area contributed by atoms with Crippen molar-refractivity contribution in [1.29, 1.82) is 0 Å². The summed E-state index contributed by atoms with van der Waals surface area (Å²) in [5.74, 6) is -0.749. The van der Waals surface area contributed by atoms with Crippen molar-refractivity contribution in [1.82, 2.24) is 0 Å². The maximum absolute atomic E-state index is 13.9. The normalized spacial score (nSPS) is 11.8. The van der Waals surface area contributed by atoms with Crippen molar-refractivity contribution in [3.05, 3.63) is 162 Å². The second-order valence-electron chi connectivity index (χ2n) is 12.0. The Morgan fingerprint density at radius 2 is 1.17 bits per heavy atom. The van der Waals surface area contributed by atoms with Gasteiger partial charge in [0.05, 0.1) is 5.56 Å². The molecule has 0 bridgehead atoms. The Bertz CT molecular complexity index is 2370. The van der Waals surface area contributed by atoms with E-state index in [1.165, 1.54) is 36.4 Å². The maximum atomic E-state index is 13.9. The number of nitrogens with two attached hydrogens (primary N) is 2. The van der Waals surface area contributed by atoms with Crippen molar-refractivity contribution < 1.29 is 38.2 Å². The van der Waals surface area contributed by atoms with Gasteiger partial charge in [-0.3, -0.25) is 0 Å². The average molecular weight is 735 g/mol. The van der Waals surface area contributed by atoms with Crippen LogP contribution in [0.3, 0.4) is 0 Å². The molecule has 0 unspecified atom stereocenters. The molecule has 0 radical (unpaired) electrons. The lowest BCUT2D eigenvalue weighted by Gasteiger charge is -2.20. The van der Waals surface area contributed by atoms with Crippen LogP contribution in [0.1, 0.15) is 27.8 Å². The first kappa shape index (κ1) is 38.2. The molecule has 0 spiro atoms. The minimum absolute atomic E-state index is 0.0228. The second-order valence-corrected chi connectivity index (χ2v) is 12.0. The molecule has 0 fully saturated rings. The van der Waals surface area contributed by atoms with Crippen molar-refractivity contribution in [2.45, 2.75) is 13.1 Å². The first-order valence-electron chi connectivity index (χ1n) is 16.2. The SMILES string of the molecule is C=Cc1ccccc1-c1c(C(N)=NO)cc(C(F)(F)F)cc1-c1ccc(O)cc1.Cc1ccc(F)cc1-c1c(C(N)=NO)cccc1-c1ccc(O)cc1. The number of phenols is 2. The molecule has 0 saturated carbocycles. The van der Waals surface area contributed by atoms with Gasteiger partial charge in [0.25, 0.3) is 0 Å². The summed E-state index contributed by atoms with van der Waals surface area (Å²) in [7, 11) is 0. The summed E-state index contributed by atoms with van der Waals surface area (Å²) in [6.07, 6.45) is -3.07. The summed E-state index contributed by atoms with van der Waals surface area (Å²) >= 11 is 0. The summed E-state index contributed by atoms with van der Waals surface area (Å²) in [4.78, 5) is 0. The third kappa shape index (κ3) is 8.18. The molecule has 274 valence electrons. The molecule has 0 aliphatic heterocycles. The predicted octanol–water partition coefficient (Wildman–Crippen LogP) is 9.75. The number of amidine groups is 2. The van der Waals surface area contributed by atoms with E-state index in [1.807, 2.05) is 13.0 Å². The van der Waals surface area contributed by atoms with Gasteiger partial charge in [-0.15, -0.1) is 0 Å². The highest BCUT2D eigenvalue weighted by atomic mass is 19.4. The van der Waals surface area contributed by atoms with Crippen molar-refractivity contribution in [3.63, 3.8) is 0 Å². The molecular weight excluding hydrogens is 700 g/mol. The zero-order chi connectivity index (χ0) is 39.2. The van der Waals surface area contributed by atoms with E-state index in [1.54, 1.807) is 72.8 Å². The molecule has 0 aliphatic rings. The molecule has 6 rings (SSSR count). The van der Waals surface area contributed by atoms with E-state index in [0.717, 1.165) is 28.8 Å². The van der Waals surface area contributed by atoms with Crippen LogP contribution in [0.2, 0.25) is 0 Å². The van der Waals surface area contributed by atoms with Gasteiger partial charge in [-0.2, -0.15) is 13.2 Å². The molecule has 6 aromatic carbocycles. The van der Waals surface area contributed by atoms with Gasteiger partial charge in [0.1, 0.15) is 17.3 Å². The molecule has 0 aromatic heterocycles. The first-order valence-corrected chi connectivity index (χ1v) is 16.2. The molecule has 8 N–H and O–H groups in total. The summed E-state index contributed by atoms with van der Waals surface area (Å²) in [6, 6.07) is 31.2. The Labute approximate surface area is 307 Å². The highest BCUT2D eigenvalue weighted by Crippen LogP contribution is 2.42. The summed E-state index contributed by atoms with van der Waals surface area (Å²) in [5.41, 5.74) is 17.2. The molecule has 0 aliphatic carbocycles. The predicted molar refractivity (Wildman–Crippen MR) is 203 cm³/mol. The lowest BCUT2D eigenvalue weighted by molar-refractivity contribution is -0.137. The van der Waals surface area contributed by atoms with Gasteiger partial charge >= 0.3 is 6.18 Å². The number of rotatable bonds is 7. The van der Waals surface area contributed by atoms with E-state index in [-0.39, 0.29) is 34.3 Å². The van der Waals surface area contributed by atoms with Crippen molar-refractivity contribution in [2.75, 3.05) is 0 Å². The third-order valence-electron chi connectivity index (χ3n) is 8.57. The largest absolute Gasteiger partial charge is 0.508 e. The van der Waals surface area contributed by atoms with Gasteiger partial charge in [-0.25, -0.2) is 4.39 Å². The maximum Gasteiger partial charge on any atom is 0.416 e. The van der Waals surface area contributed by atoms with Gasteiger partial charge in [0.2, 0.25) is 0 Å². The molecule has 0 amide bonds. The fourth-order valence-corrected chi connectivity index (χ4v) is 5.98. The van der Waals surface area contributed by atoms with Crippen LogP contribution in [0, 0.1) is 12.7 Å². The van der Waals surface area contributed by atoms with E-state index < -0.39 is 17.6 Å². The quantitative estimate of drug-likeness (QED) is 0.0315. The van der Waals surface area contributed by atoms with Gasteiger partial charge in [0.15, 0.2) is 11.7 Å². The monoisotopic (exact) mass is 734 g/mol. The molecule has 0 saturated heterocycles. The van der Waals surface area contributed by atoms with E-state index in [9.17, 15) is 33.0 Å². The van der Waals surface area contributed by atoms with Crippen LogP contribution in [-0.2, 0) is 6.18 Å². The van der Waals surface area contributed by atoms with E-state index >= 15 is 0 Å². The van der Waals surface area contributed by atoms with Crippen LogP contribution in [0.25, 0.3) is 50.6 Å². The fraction of sp³-hybridized carbons (Fsp3) is 0.0476. The number of halogens is 4. The zero-order valence-electron chi connectivity index (χ0n) is 28.7. The molecule has 0 atom stereocenters. The summed E-state index contributed by atoms with van der Waals surface area (Å²) in [5, 5.41) is 43.5. The Morgan fingerprint density at radius 1 is 0.630 bits per heavy atom. The summed E-state index contributed by atoms with van der Waals surface area (Å²) < 4.78 is 54.6. The molecule has 8 nitrogen and oxygen atoms in total. The Hall–Kier alpha value is -7.08. The third-order valence-corrected chi connectivity index (χ3v) is 8.57. The number of oxime groups is 2.